The Morgan fingerprint density at radius 1 is 1.29 bits per heavy atom. The van der Waals surface area contributed by atoms with Crippen LogP contribution < -0.4 is 15.2 Å². The summed E-state index contributed by atoms with van der Waals surface area (Å²) in [6.07, 6.45) is 0.888. The van der Waals surface area contributed by atoms with Crippen molar-refractivity contribution in [2.24, 2.45) is 5.73 Å². The van der Waals surface area contributed by atoms with E-state index in [9.17, 15) is 0 Å². The van der Waals surface area contributed by atoms with Crippen molar-refractivity contribution in [2.75, 3.05) is 20.8 Å². The van der Waals surface area contributed by atoms with Gasteiger partial charge in [0.2, 0.25) is 0 Å². The molecule has 1 atom stereocenters. The number of hydrogen-bond donors (Lipinski definition) is 1. The molecule has 0 aliphatic heterocycles. The third-order valence-corrected chi connectivity index (χ3v) is 3.38. The number of nitrogens with two attached hydrogens (primary N) is 1. The van der Waals surface area contributed by atoms with Gasteiger partial charge in [-0.3, -0.25) is 0 Å². The molecule has 3 nitrogen and oxygen atoms in total. The summed E-state index contributed by atoms with van der Waals surface area (Å²) in [6.45, 7) is 4.66. The summed E-state index contributed by atoms with van der Waals surface area (Å²) < 4.78 is 10.8. The van der Waals surface area contributed by atoms with Gasteiger partial charge in [-0.05, 0) is 31.9 Å². The Hall–Kier alpha value is -0.930. The Morgan fingerprint density at radius 2 is 1.88 bits per heavy atom. The van der Waals surface area contributed by atoms with Crippen LogP contribution in [0.25, 0.3) is 0 Å². The number of hydrogen-bond acceptors (Lipinski definition) is 3. The summed E-state index contributed by atoms with van der Waals surface area (Å²) in [7, 11) is 3.27. The molecule has 0 radical (unpaired) electrons. The molecule has 17 heavy (non-hydrogen) atoms. The molecule has 4 heteroatoms. The van der Waals surface area contributed by atoms with Gasteiger partial charge in [0.05, 0.1) is 14.2 Å². The standard InChI is InChI=1S/C13H20ClNO2/c1-8(5-6-15)10-7-11(14)9(2)12(16-3)13(10)17-4/h7-8H,5-6,15H2,1-4H3. The molecule has 0 fully saturated rings. The maximum atomic E-state index is 6.20. The molecule has 1 aromatic carbocycles. The minimum atomic E-state index is 0.293. The fourth-order valence-corrected chi connectivity index (χ4v) is 2.15. The lowest BCUT2D eigenvalue weighted by atomic mass is 9.95. The number of ether oxygens (including phenoxy) is 2. The van der Waals surface area contributed by atoms with Crippen LogP contribution in [0.3, 0.4) is 0 Å². The summed E-state index contributed by atoms with van der Waals surface area (Å²) >= 11 is 6.20. The molecule has 0 aliphatic carbocycles. The molecule has 1 rings (SSSR count). The molecule has 2 N–H and O–H groups in total. The van der Waals surface area contributed by atoms with E-state index in [1.807, 2.05) is 13.0 Å². The van der Waals surface area contributed by atoms with Crippen molar-refractivity contribution in [3.8, 4) is 11.5 Å². The van der Waals surface area contributed by atoms with Gasteiger partial charge in [0, 0.05) is 16.1 Å². The van der Waals surface area contributed by atoms with Gasteiger partial charge in [0.15, 0.2) is 11.5 Å². The average molecular weight is 258 g/mol. The van der Waals surface area contributed by atoms with Crippen molar-refractivity contribution >= 4 is 11.6 Å². The molecule has 1 aromatic rings. The quantitative estimate of drug-likeness (QED) is 0.882. The van der Waals surface area contributed by atoms with Gasteiger partial charge < -0.3 is 15.2 Å². The molecule has 0 amide bonds. The first-order valence-corrected chi connectivity index (χ1v) is 6.05. The molecule has 96 valence electrons. The van der Waals surface area contributed by atoms with Crippen LogP contribution in [0.4, 0.5) is 0 Å². The van der Waals surface area contributed by atoms with Crippen molar-refractivity contribution in [1.29, 1.82) is 0 Å². The zero-order valence-corrected chi connectivity index (χ0v) is 11.6. The Kier molecular flexibility index (Phi) is 5.09. The third kappa shape index (κ3) is 2.85. The van der Waals surface area contributed by atoms with Gasteiger partial charge in [0.1, 0.15) is 0 Å². The van der Waals surface area contributed by atoms with Gasteiger partial charge in [-0.25, -0.2) is 0 Å². The third-order valence-electron chi connectivity index (χ3n) is 2.99. The average Bonchev–Trinajstić information content (AvgIpc) is 2.32. The maximum absolute atomic E-state index is 6.20. The van der Waals surface area contributed by atoms with E-state index >= 15 is 0 Å². The van der Waals surface area contributed by atoms with Crippen LogP contribution in [-0.2, 0) is 0 Å². The van der Waals surface area contributed by atoms with Crippen molar-refractivity contribution in [3.05, 3.63) is 22.2 Å². The van der Waals surface area contributed by atoms with Crippen LogP contribution in [0, 0.1) is 6.92 Å². The number of methoxy groups -OCH3 is 2. The first-order valence-electron chi connectivity index (χ1n) is 5.67. The highest BCUT2D eigenvalue weighted by Crippen LogP contribution is 2.42. The molecule has 0 saturated heterocycles. The lowest BCUT2D eigenvalue weighted by Crippen LogP contribution is -2.07. The molecule has 0 spiro atoms. The SMILES string of the molecule is COc1c(C(C)CCN)cc(Cl)c(C)c1OC. The minimum absolute atomic E-state index is 0.293. The van der Waals surface area contributed by atoms with E-state index in [0.717, 1.165) is 23.3 Å². The van der Waals surface area contributed by atoms with Gasteiger partial charge >= 0.3 is 0 Å². The van der Waals surface area contributed by atoms with E-state index in [0.29, 0.717) is 23.2 Å². The van der Waals surface area contributed by atoms with Gasteiger partial charge in [0.25, 0.3) is 0 Å². The highest BCUT2D eigenvalue weighted by molar-refractivity contribution is 6.31. The topological polar surface area (TPSA) is 44.5 Å². The van der Waals surface area contributed by atoms with Crippen molar-refractivity contribution in [2.45, 2.75) is 26.2 Å². The molecule has 0 heterocycles. The lowest BCUT2D eigenvalue weighted by Gasteiger charge is -2.20. The van der Waals surface area contributed by atoms with E-state index in [-0.39, 0.29) is 0 Å². The smallest absolute Gasteiger partial charge is 0.165 e. The van der Waals surface area contributed by atoms with E-state index < -0.39 is 0 Å². The Bertz CT molecular complexity index is 393. The number of halogens is 1. The molecule has 0 bridgehead atoms. The van der Waals surface area contributed by atoms with Gasteiger partial charge in [-0.1, -0.05) is 18.5 Å². The summed E-state index contributed by atoms with van der Waals surface area (Å²) in [5.74, 6) is 1.76. The molecule has 0 aliphatic rings. The molecular weight excluding hydrogens is 238 g/mol. The van der Waals surface area contributed by atoms with Crippen LogP contribution in [0.5, 0.6) is 11.5 Å². The zero-order valence-electron chi connectivity index (χ0n) is 10.8. The number of rotatable bonds is 5. The molecule has 0 saturated carbocycles. The second kappa shape index (κ2) is 6.12. The Labute approximate surface area is 108 Å². The zero-order chi connectivity index (χ0) is 13.0. The second-order valence-corrected chi connectivity index (χ2v) is 4.52. The number of benzene rings is 1. The predicted molar refractivity (Wildman–Crippen MR) is 71.4 cm³/mol. The van der Waals surface area contributed by atoms with Crippen molar-refractivity contribution in [3.63, 3.8) is 0 Å². The van der Waals surface area contributed by atoms with E-state index in [2.05, 4.69) is 6.92 Å². The van der Waals surface area contributed by atoms with E-state index in [1.54, 1.807) is 14.2 Å². The van der Waals surface area contributed by atoms with Crippen LogP contribution in [0.2, 0.25) is 5.02 Å². The Balaban J connectivity index is 3.33. The van der Waals surface area contributed by atoms with Crippen LogP contribution in [0.15, 0.2) is 6.07 Å². The first-order chi connectivity index (χ1) is 8.06. The van der Waals surface area contributed by atoms with Crippen LogP contribution >= 0.6 is 11.6 Å². The predicted octanol–water partition coefficient (Wildman–Crippen LogP) is 3.12. The fourth-order valence-electron chi connectivity index (χ4n) is 1.95. The summed E-state index contributed by atoms with van der Waals surface area (Å²) in [5.41, 5.74) is 7.54. The van der Waals surface area contributed by atoms with Crippen molar-refractivity contribution in [1.82, 2.24) is 0 Å². The first kappa shape index (κ1) is 14.1. The molecule has 1 unspecified atom stereocenters. The van der Waals surface area contributed by atoms with E-state index in [1.165, 1.54) is 0 Å². The van der Waals surface area contributed by atoms with E-state index in [4.69, 9.17) is 26.8 Å². The highest BCUT2D eigenvalue weighted by Gasteiger charge is 2.19. The van der Waals surface area contributed by atoms with Gasteiger partial charge in [-0.2, -0.15) is 0 Å². The largest absolute Gasteiger partial charge is 0.493 e. The molecule has 0 aromatic heterocycles. The fraction of sp³-hybridized carbons (Fsp3) is 0.538. The van der Waals surface area contributed by atoms with Crippen LogP contribution in [0.1, 0.15) is 30.4 Å². The second-order valence-electron chi connectivity index (χ2n) is 4.12. The highest BCUT2D eigenvalue weighted by atomic mass is 35.5. The normalized spacial score (nSPS) is 12.4. The maximum Gasteiger partial charge on any atom is 0.165 e. The summed E-state index contributed by atoms with van der Waals surface area (Å²) in [4.78, 5) is 0. The van der Waals surface area contributed by atoms with Gasteiger partial charge in [-0.15, -0.1) is 0 Å². The lowest BCUT2D eigenvalue weighted by molar-refractivity contribution is 0.347. The summed E-state index contributed by atoms with van der Waals surface area (Å²) in [6, 6.07) is 1.94. The minimum Gasteiger partial charge on any atom is -0.493 e. The molecular formula is C13H20ClNO2. The Morgan fingerprint density at radius 3 is 2.35 bits per heavy atom. The van der Waals surface area contributed by atoms with Crippen LogP contribution in [-0.4, -0.2) is 20.8 Å². The summed E-state index contributed by atoms with van der Waals surface area (Å²) in [5, 5.41) is 0.696. The van der Waals surface area contributed by atoms with Crippen molar-refractivity contribution < 1.29 is 9.47 Å². The monoisotopic (exact) mass is 257 g/mol.